The van der Waals surface area contributed by atoms with Gasteiger partial charge in [-0.2, -0.15) is 13.2 Å². The van der Waals surface area contributed by atoms with E-state index in [4.69, 9.17) is 0 Å². The summed E-state index contributed by atoms with van der Waals surface area (Å²) < 4.78 is 55.1. The predicted molar refractivity (Wildman–Crippen MR) is 102 cm³/mol. The Bertz CT molecular complexity index is 995. The van der Waals surface area contributed by atoms with Crippen LogP contribution in [0.3, 0.4) is 0 Å². The maximum atomic E-state index is 14.0. The zero-order chi connectivity index (χ0) is 23.0. The largest absolute Gasteiger partial charge is 0.425 e. The number of urea groups is 1. The quantitative estimate of drug-likeness (QED) is 0.576. The average molecular weight is 437 g/mol. The number of carbonyl (C=O) groups is 3. The summed E-state index contributed by atoms with van der Waals surface area (Å²) in [4.78, 5) is 39.3. The van der Waals surface area contributed by atoms with Gasteiger partial charge in [0.1, 0.15) is 12.4 Å². The summed E-state index contributed by atoms with van der Waals surface area (Å²) in [7, 11) is 1.38. The highest BCUT2D eigenvalue weighted by Crippen LogP contribution is 2.43. The van der Waals surface area contributed by atoms with E-state index >= 15 is 0 Å². The minimum Gasteiger partial charge on any atom is -0.337 e. The van der Waals surface area contributed by atoms with Gasteiger partial charge in [0.15, 0.2) is 0 Å². The molecule has 3 rings (SSSR count). The first-order valence-corrected chi connectivity index (χ1v) is 9.26. The minimum absolute atomic E-state index is 0.261. The number of alkyl halides is 3. The van der Waals surface area contributed by atoms with Crippen LogP contribution in [0.1, 0.15) is 24.1 Å². The third-order valence-corrected chi connectivity index (χ3v) is 5.36. The van der Waals surface area contributed by atoms with Crippen LogP contribution in [0.5, 0.6) is 0 Å². The SMILES string of the molecule is CC(c1ccc(F)cc1)N(C)C(=O)CN1C(=O)NC(c2ccccc2)(C(F)(F)F)C1=O. The molecule has 1 fully saturated rings. The molecule has 0 saturated carbocycles. The maximum Gasteiger partial charge on any atom is 0.425 e. The van der Waals surface area contributed by atoms with Gasteiger partial charge in [0.25, 0.3) is 5.91 Å². The molecule has 2 aromatic carbocycles. The van der Waals surface area contributed by atoms with Crippen molar-refractivity contribution in [3.63, 3.8) is 0 Å². The second-order valence-corrected chi connectivity index (χ2v) is 7.17. The molecule has 0 radical (unpaired) electrons. The van der Waals surface area contributed by atoms with Crippen LogP contribution in [0.15, 0.2) is 54.6 Å². The minimum atomic E-state index is -5.13. The fourth-order valence-corrected chi connectivity index (χ4v) is 3.39. The number of imide groups is 1. The molecule has 1 aliphatic heterocycles. The van der Waals surface area contributed by atoms with Crippen LogP contribution in [0.4, 0.5) is 22.4 Å². The Balaban J connectivity index is 1.85. The monoisotopic (exact) mass is 437 g/mol. The van der Waals surface area contributed by atoms with Crippen LogP contribution < -0.4 is 5.32 Å². The summed E-state index contributed by atoms with van der Waals surface area (Å²) in [6.45, 7) is 0.748. The van der Waals surface area contributed by atoms with Crippen LogP contribution >= 0.6 is 0 Å². The van der Waals surface area contributed by atoms with E-state index in [1.165, 1.54) is 54.4 Å². The van der Waals surface area contributed by atoms with E-state index in [-0.39, 0.29) is 4.90 Å². The molecule has 2 aromatic rings. The van der Waals surface area contributed by atoms with Crippen molar-refractivity contribution in [2.24, 2.45) is 0 Å². The number of benzene rings is 2. The lowest BCUT2D eigenvalue weighted by atomic mass is 9.89. The number of likely N-dealkylation sites (N-methyl/N-ethyl adjacent to an activating group) is 1. The molecule has 0 aromatic heterocycles. The molecule has 0 aliphatic carbocycles. The zero-order valence-corrected chi connectivity index (χ0v) is 16.6. The number of halogens is 4. The zero-order valence-electron chi connectivity index (χ0n) is 16.6. The fourth-order valence-electron chi connectivity index (χ4n) is 3.39. The number of amides is 4. The van der Waals surface area contributed by atoms with E-state index in [0.717, 1.165) is 12.1 Å². The molecule has 31 heavy (non-hydrogen) atoms. The van der Waals surface area contributed by atoms with Gasteiger partial charge in [-0.15, -0.1) is 0 Å². The molecule has 10 heteroatoms. The standard InChI is InChI=1S/C21H19F4N3O3/c1-13(14-8-10-16(22)11-9-14)27(2)17(29)12-28-18(30)20(21(23,24)25,26-19(28)31)15-6-4-3-5-7-15/h3-11,13H,12H2,1-2H3,(H,26,31). The summed E-state index contributed by atoms with van der Waals surface area (Å²) in [5, 5.41) is 1.73. The molecule has 1 saturated heterocycles. The van der Waals surface area contributed by atoms with Crippen LogP contribution in [0.25, 0.3) is 0 Å². The second kappa shape index (κ2) is 8.01. The molecular weight excluding hydrogens is 418 g/mol. The fraction of sp³-hybridized carbons (Fsp3) is 0.286. The number of carbonyl (C=O) groups excluding carboxylic acids is 3. The molecule has 4 amide bonds. The van der Waals surface area contributed by atoms with Crippen molar-refractivity contribution >= 4 is 17.8 Å². The van der Waals surface area contributed by atoms with Crippen molar-refractivity contribution in [3.05, 3.63) is 71.5 Å². The molecule has 2 unspecified atom stereocenters. The van der Waals surface area contributed by atoms with Gasteiger partial charge >= 0.3 is 12.2 Å². The van der Waals surface area contributed by atoms with Crippen molar-refractivity contribution in [1.82, 2.24) is 15.1 Å². The average Bonchev–Trinajstić information content (AvgIpc) is 2.99. The molecule has 1 N–H and O–H groups in total. The summed E-state index contributed by atoms with van der Waals surface area (Å²) in [6, 6.07) is 9.71. The number of nitrogens with zero attached hydrogens (tertiary/aromatic N) is 2. The van der Waals surface area contributed by atoms with Crippen molar-refractivity contribution < 1.29 is 31.9 Å². The second-order valence-electron chi connectivity index (χ2n) is 7.17. The Morgan fingerprint density at radius 2 is 1.68 bits per heavy atom. The topological polar surface area (TPSA) is 69.7 Å². The Morgan fingerprint density at radius 3 is 2.23 bits per heavy atom. The third kappa shape index (κ3) is 3.85. The molecule has 1 heterocycles. The maximum absolute atomic E-state index is 14.0. The highest BCUT2D eigenvalue weighted by Gasteiger charge is 2.68. The van der Waals surface area contributed by atoms with E-state index in [2.05, 4.69) is 0 Å². The van der Waals surface area contributed by atoms with Crippen molar-refractivity contribution in [2.75, 3.05) is 13.6 Å². The summed E-state index contributed by atoms with van der Waals surface area (Å²) in [6.07, 6.45) is -5.13. The van der Waals surface area contributed by atoms with E-state index < -0.39 is 53.5 Å². The molecule has 0 spiro atoms. The van der Waals surface area contributed by atoms with Gasteiger partial charge in [-0.05, 0) is 30.2 Å². The molecule has 2 atom stereocenters. The van der Waals surface area contributed by atoms with Crippen LogP contribution in [0.2, 0.25) is 0 Å². The number of hydrogen-bond donors (Lipinski definition) is 1. The van der Waals surface area contributed by atoms with Gasteiger partial charge in [-0.1, -0.05) is 42.5 Å². The molecule has 0 bridgehead atoms. The highest BCUT2D eigenvalue weighted by atomic mass is 19.4. The van der Waals surface area contributed by atoms with Crippen LogP contribution in [-0.4, -0.2) is 47.4 Å². The number of rotatable bonds is 5. The number of nitrogens with one attached hydrogen (secondary N) is 1. The van der Waals surface area contributed by atoms with Gasteiger partial charge < -0.3 is 10.2 Å². The molecule has 164 valence electrons. The first kappa shape index (κ1) is 22.3. The predicted octanol–water partition coefficient (Wildman–Crippen LogP) is 3.35. The van der Waals surface area contributed by atoms with E-state index in [1.54, 1.807) is 12.2 Å². The van der Waals surface area contributed by atoms with E-state index in [9.17, 15) is 31.9 Å². The van der Waals surface area contributed by atoms with Gasteiger partial charge in [-0.3, -0.25) is 14.5 Å². The normalized spacial score (nSPS) is 19.9. The first-order valence-electron chi connectivity index (χ1n) is 9.26. The van der Waals surface area contributed by atoms with Gasteiger partial charge in [0.05, 0.1) is 6.04 Å². The van der Waals surface area contributed by atoms with Gasteiger partial charge in [-0.25, -0.2) is 9.18 Å². The molecule has 6 nitrogen and oxygen atoms in total. The Kier molecular flexibility index (Phi) is 5.75. The highest BCUT2D eigenvalue weighted by molar-refractivity contribution is 6.10. The summed E-state index contributed by atoms with van der Waals surface area (Å²) in [5.74, 6) is -2.80. The first-order chi connectivity index (χ1) is 14.5. The van der Waals surface area contributed by atoms with Crippen LogP contribution in [-0.2, 0) is 15.1 Å². The Hall–Kier alpha value is -3.43. The lowest BCUT2D eigenvalue weighted by molar-refractivity contribution is -0.198. The van der Waals surface area contributed by atoms with Gasteiger partial charge in [0, 0.05) is 7.05 Å². The Labute approximate surface area is 175 Å². The molecule has 1 aliphatic rings. The number of hydrogen-bond acceptors (Lipinski definition) is 3. The Morgan fingerprint density at radius 1 is 1.10 bits per heavy atom. The summed E-state index contributed by atoms with van der Waals surface area (Å²) in [5.41, 5.74) is -3.15. The summed E-state index contributed by atoms with van der Waals surface area (Å²) >= 11 is 0. The molecular formula is C21H19F4N3O3. The lowest BCUT2D eigenvalue weighted by Gasteiger charge is -2.30. The van der Waals surface area contributed by atoms with Crippen LogP contribution in [0, 0.1) is 5.82 Å². The third-order valence-electron chi connectivity index (χ3n) is 5.36. The van der Waals surface area contributed by atoms with E-state index in [0.29, 0.717) is 5.56 Å². The van der Waals surface area contributed by atoms with Crippen molar-refractivity contribution in [3.8, 4) is 0 Å². The lowest BCUT2D eigenvalue weighted by Crippen LogP contribution is -2.56. The van der Waals surface area contributed by atoms with Crippen molar-refractivity contribution in [2.45, 2.75) is 24.7 Å². The van der Waals surface area contributed by atoms with Crippen molar-refractivity contribution in [1.29, 1.82) is 0 Å². The smallest absolute Gasteiger partial charge is 0.337 e. The van der Waals surface area contributed by atoms with Gasteiger partial charge in [0.2, 0.25) is 11.4 Å². The van der Waals surface area contributed by atoms with E-state index in [1.807, 2.05) is 0 Å².